The molecule has 15 heavy (non-hydrogen) atoms. The Bertz CT molecular complexity index is 298. The predicted octanol–water partition coefficient (Wildman–Crippen LogP) is 0.187. The quantitative estimate of drug-likeness (QED) is 0.538. The second-order valence-corrected chi connectivity index (χ2v) is 2.68. The van der Waals surface area contributed by atoms with Crippen LogP contribution >= 0.6 is 0 Å². The molecule has 1 aromatic carbocycles. The fourth-order valence-corrected chi connectivity index (χ4v) is 1.14. The Morgan fingerprint density at radius 3 is 2.40 bits per heavy atom. The number of hydrogen-bond acceptors (Lipinski definition) is 5. The van der Waals surface area contributed by atoms with E-state index in [-0.39, 0.29) is 0 Å². The summed E-state index contributed by atoms with van der Waals surface area (Å²) in [5, 5.41) is 17.1. The number of aliphatic hydroxyl groups is 2. The van der Waals surface area contributed by atoms with Gasteiger partial charge < -0.3 is 19.7 Å². The smallest absolute Gasteiger partial charge is 0.342 e. The first-order valence-corrected chi connectivity index (χ1v) is 4.34. The fourth-order valence-electron chi connectivity index (χ4n) is 1.14. The molecule has 0 unspecified atom stereocenters. The first kappa shape index (κ1) is 11.6. The molecule has 2 N–H and O–H groups in total. The van der Waals surface area contributed by atoms with Gasteiger partial charge in [0.15, 0.2) is 12.9 Å². The number of hydrogen-bond donors (Lipinski definition) is 2. The number of ether oxygens (including phenoxy) is 2. The van der Waals surface area contributed by atoms with E-state index in [1.807, 2.05) is 0 Å². The molecule has 0 aromatic heterocycles. The molecule has 5 heteroatoms. The fraction of sp³-hybridized carbons (Fsp3) is 0.300. The highest BCUT2D eigenvalue weighted by Crippen LogP contribution is 2.18. The Morgan fingerprint density at radius 2 is 1.87 bits per heavy atom. The second kappa shape index (κ2) is 6.13. The maximum atomic E-state index is 11.3. The van der Waals surface area contributed by atoms with Crippen molar-refractivity contribution in [1.82, 2.24) is 0 Å². The number of carbonyl (C=O) groups excluding carboxylic acids is 1. The molecule has 0 spiro atoms. The third-order valence-corrected chi connectivity index (χ3v) is 1.76. The van der Waals surface area contributed by atoms with Crippen molar-refractivity contribution >= 4 is 5.97 Å². The standard InChI is InChI=1S/C10H12O5/c11-6-14-9(10(13)15-7-12)8-4-2-1-3-5-8/h1-5,9,11-12H,6-7H2/t9-/m1/s1. The number of rotatable bonds is 5. The third-order valence-electron chi connectivity index (χ3n) is 1.76. The summed E-state index contributed by atoms with van der Waals surface area (Å²) in [4.78, 5) is 11.3. The monoisotopic (exact) mass is 212 g/mol. The molecule has 0 saturated carbocycles. The van der Waals surface area contributed by atoms with Gasteiger partial charge in [-0.3, -0.25) is 0 Å². The van der Waals surface area contributed by atoms with E-state index in [0.717, 1.165) is 0 Å². The van der Waals surface area contributed by atoms with Crippen molar-refractivity contribution in [2.24, 2.45) is 0 Å². The SMILES string of the molecule is O=C(OCO)[C@H](OCO)c1ccccc1. The van der Waals surface area contributed by atoms with Crippen LogP contribution in [0, 0.1) is 0 Å². The van der Waals surface area contributed by atoms with Crippen molar-refractivity contribution in [3.63, 3.8) is 0 Å². The molecule has 82 valence electrons. The van der Waals surface area contributed by atoms with E-state index in [2.05, 4.69) is 4.74 Å². The summed E-state index contributed by atoms with van der Waals surface area (Å²) < 4.78 is 9.20. The first-order valence-electron chi connectivity index (χ1n) is 4.34. The highest BCUT2D eigenvalue weighted by molar-refractivity contribution is 5.76. The lowest BCUT2D eigenvalue weighted by molar-refractivity contribution is -0.172. The van der Waals surface area contributed by atoms with E-state index in [1.165, 1.54) is 0 Å². The van der Waals surface area contributed by atoms with Gasteiger partial charge in [0.1, 0.15) is 6.79 Å². The Labute approximate surface area is 86.9 Å². The topological polar surface area (TPSA) is 76.0 Å². The van der Waals surface area contributed by atoms with Crippen molar-refractivity contribution in [3.8, 4) is 0 Å². The van der Waals surface area contributed by atoms with Gasteiger partial charge in [-0.05, 0) is 5.56 Å². The highest BCUT2D eigenvalue weighted by Gasteiger charge is 2.22. The van der Waals surface area contributed by atoms with Crippen molar-refractivity contribution in [2.45, 2.75) is 6.10 Å². The van der Waals surface area contributed by atoms with E-state index in [9.17, 15) is 4.79 Å². The van der Waals surface area contributed by atoms with Crippen molar-refractivity contribution < 1.29 is 24.5 Å². The van der Waals surface area contributed by atoms with Crippen LogP contribution in [0.2, 0.25) is 0 Å². The molecular formula is C10H12O5. The lowest BCUT2D eigenvalue weighted by Crippen LogP contribution is -2.19. The Kier molecular flexibility index (Phi) is 4.76. The minimum Gasteiger partial charge on any atom is -0.436 e. The molecule has 0 heterocycles. The largest absolute Gasteiger partial charge is 0.436 e. The lowest BCUT2D eigenvalue weighted by atomic mass is 10.1. The molecule has 0 aliphatic carbocycles. The number of esters is 1. The van der Waals surface area contributed by atoms with Crippen LogP contribution < -0.4 is 0 Å². The molecule has 1 aromatic rings. The van der Waals surface area contributed by atoms with Gasteiger partial charge >= 0.3 is 5.97 Å². The van der Waals surface area contributed by atoms with Crippen molar-refractivity contribution in [1.29, 1.82) is 0 Å². The molecule has 0 bridgehead atoms. The highest BCUT2D eigenvalue weighted by atomic mass is 16.7. The van der Waals surface area contributed by atoms with Crippen molar-refractivity contribution in [2.75, 3.05) is 13.6 Å². The molecule has 1 rings (SSSR count). The number of benzene rings is 1. The average Bonchev–Trinajstić information content (AvgIpc) is 2.27. The molecule has 0 aliphatic heterocycles. The van der Waals surface area contributed by atoms with Gasteiger partial charge in [0.2, 0.25) is 0 Å². The van der Waals surface area contributed by atoms with Gasteiger partial charge in [0.25, 0.3) is 0 Å². The number of carbonyl (C=O) groups is 1. The third kappa shape index (κ3) is 3.32. The van der Waals surface area contributed by atoms with Gasteiger partial charge in [-0.1, -0.05) is 30.3 Å². The van der Waals surface area contributed by atoms with Gasteiger partial charge in [-0.25, -0.2) is 4.79 Å². The van der Waals surface area contributed by atoms with Gasteiger partial charge in [-0.2, -0.15) is 0 Å². The number of aliphatic hydroxyl groups excluding tert-OH is 2. The van der Waals surface area contributed by atoms with Gasteiger partial charge in [0, 0.05) is 0 Å². The Balaban J connectivity index is 2.78. The molecule has 0 amide bonds. The van der Waals surface area contributed by atoms with Crippen LogP contribution in [0.1, 0.15) is 11.7 Å². The summed E-state index contributed by atoms with van der Waals surface area (Å²) in [6.07, 6.45) is -1.01. The zero-order valence-corrected chi connectivity index (χ0v) is 8.00. The molecule has 1 atom stereocenters. The van der Waals surface area contributed by atoms with E-state index >= 15 is 0 Å². The summed E-state index contributed by atoms with van der Waals surface area (Å²) >= 11 is 0. The summed E-state index contributed by atoms with van der Waals surface area (Å²) in [6, 6.07) is 8.58. The minimum absolute atomic E-state index is 0.560. The van der Waals surface area contributed by atoms with Crippen LogP contribution in [-0.4, -0.2) is 29.8 Å². The Morgan fingerprint density at radius 1 is 1.20 bits per heavy atom. The zero-order chi connectivity index (χ0) is 11.1. The Hall–Kier alpha value is -1.43. The van der Waals surface area contributed by atoms with Crippen LogP contribution in [0.25, 0.3) is 0 Å². The van der Waals surface area contributed by atoms with E-state index < -0.39 is 25.7 Å². The normalized spacial score (nSPS) is 12.1. The molecule has 5 nitrogen and oxygen atoms in total. The average molecular weight is 212 g/mol. The molecule has 0 radical (unpaired) electrons. The zero-order valence-electron chi connectivity index (χ0n) is 8.00. The molecular weight excluding hydrogens is 200 g/mol. The van der Waals surface area contributed by atoms with Gasteiger partial charge in [0.05, 0.1) is 0 Å². The van der Waals surface area contributed by atoms with Gasteiger partial charge in [-0.15, -0.1) is 0 Å². The van der Waals surface area contributed by atoms with E-state index in [0.29, 0.717) is 5.56 Å². The molecule has 0 saturated heterocycles. The minimum atomic E-state index is -1.01. The molecule has 0 fully saturated rings. The van der Waals surface area contributed by atoms with Crippen LogP contribution in [0.3, 0.4) is 0 Å². The van der Waals surface area contributed by atoms with Crippen LogP contribution in [-0.2, 0) is 14.3 Å². The summed E-state index contributed by atoms with van der Waals surface area (Å²) in [5.74, 6) is -0.738. The summed E-state index contributed by atoms with van der Waals surface area (Å²) in [7, 11) is 0. The van der Waals surface area contributed by atoms with Crippen LogP contribution in [0.5, 0.6) is 0 Å². The molecule has 0 aliphatic rings. The predicted molar refractivity (Wildman–Crippen MR) is 50.5 cm³/mol. The second-order valence-electron chi connectivity index (χ2n) is 2.68. The summed E-state index contributed by atoms with van der Waals surface area (Å²) in [6.45, 7) is -1.31. The van der Waals surface area contributed by atoms with Crippen LogP contribution in [0.4, 0.5) is 0 Å². The van der Waals surface area contributed by atoms with E-state index in [1.54, 1.807) is 30.3 Å². The lowest BCUT2D eigenvalue weighted by Gasteiger charge is -2.14. The van der Waals surface area contributed by atoms with Crippen LogP contribution in [0.15, 0.2) is 30.3 Å². The first-order chi connectivity index (χ1) is 7.29. The maximum absolute atomic E-state index is 11.3. The van der Waals surface area contributed by atoms with Crippen molar-refractivity contribution in [3.05, 3.63) is 35.9 Å². The maximum Gasteiger partial charge on any atom is 0.342 e. The van der Waals surface area contributed by atoms with E-state index in [4.69, 9.17) is 14.9 Å². The summed E-state index contributed by atoms with van der Waals surface area (Å²) in [5.41, 5.74) is 0.560.